The van der Waals surface area contributed by atoms with Crippen LogP contribution in [0.5, 0.6) is 5.75 Å². The van der Waals surface area contributed by atoms with Gasteiger partial charge < -0.3 is 15.2 Å². The number of aliphatic carboxylic acids is 1. The summed E-state index contributed by atoms with van der Waals surface area (Å²) in [5.41, 5.74) is 0.0716. The van der Waals surface area contributed by atoms with Gasteiger partial charge in [0, 0.05) is 10.8 Å². The number of halogens is 1. The largest absolute Gasteiger partial charge is 0.492 e. The third-order valence-electron chi connectivity index (χ3n) is 6.21. The summed E-state index contributed by atoms with van der Waals surface area (Å²) in [5, 5.41) is 13.9. The van der Waals surface area contributed by atoms with E-state index in [0.717, 1.165) is 29.2 Å². The Bertz CT molecular complexity index is 950. The first kappa shape index (κ1) is 23.0. The molecule has 2 aromatic rings. The van der Waals surface area contributed by atoms with E-state index in [0.29, 0.717) is 18.3 Å². The van der Waals surface area contributed by atoms with Crippen LogP contribution in [-0.4, -0.2) is 36.3 Å². The zero-order valence-electron chi connectivity index (χ0n) is 18.5. The second-order valence-corrected chi connectivity index (χ2v) is 9.35. The highest BCUT2D eigenvalue weighted by Crippen LogP contribution is 2.33. The number of hydrogen-bond donors (Lipinski definition) is 2. The highest BCUT2D eigenvalue weighted by Gasteiger charge is 2.37. The molecule has 6 heteroatoms. The van der Waals surface area contributed by atoms with Crippen LogP contribution in [0.15, 0.2) is 30.3 Å². The van der Waals surface area contributed by atoms with Gasteiger partial charge in [0.05, 0.1) is 18.8 Å². The monoisotopic (exact) mass is 429 g/mol. The van der Waals surface area contributed by atoms with E-state index in [2.05, 4.69) is 5.32 Å². The highest BCUT2D eigenvalue weighted by molar-refractivity contribution is 6.05. The minimum Gasteiger partial charge on any atom is -0.492 e. The molecule has 1 aliphatic carbocycles. The molecule has 2 aromatic carbocycles. The number of aryl methyl sites for hydroxylation is 1. The van der Waals surface area contributed by atoms with Crippen LogP contribution < -0.4 is 10.1 Å². The van der Waals surface area contributed by atoms with Gasteiger partial charge in [0.25, 0.3) is 5.91 Å². The Hall–Kier alpha value is -2.63. The lowest BCUT2D eigenvalue weighted by Gasteiger charge is -2.29. The van der Waals surface area contributed by atoms with Gasteiger partial charge in [-0.3, -0.25) is 9.18 Å². The number of hydrogen-bond acceptors (Lipinski definition) is 3. The zero-order valence-corrected chi connectivity index (χ0v) is 18.5. The van der Waals surface area contributed by atoms with E-state index in [1.165, 1.54) is 33.1 Å². The molecule has 0 aliphatic heterocycles. The molecule has 1 fully saturated rings. The molecule has 168 valence electrons. The summed E-state index contributed by atoms with van der Waals surface area (Å²) < 4.78 is 19.7. The van der Waals surface area contributed by atoms with Gasteiger partial charge in [-0.15, -0.1) is 0 Å². The molecule has 1 saturated carbocycles. The third kappa shape index (κ3) is 5.35. The molecule has 3 rings (SSSR count). The molecular weight excluding hydrogens is 397 g/mol. The Balaban J connectivity index is 1.95. The van der Waals surface area contributed by atoms with Gasteiger partial charge in [0.1, 0.15) is 11.8 Å². The van der Waals surface area contributed by atoms with Crippen LogP contribution in [0.4, 0.5) is 4.39 Å². The number of carboxylic acid groups (broad SMARTS) is 1. The molecule has 0 heterocycles. The molecular formula is C25H32FNO4. The van der Waals surface area contributed by atoms with E-state index in [-0.39, 0.29) is 5.56 Å². The summed E-state index contributed by atoms with van der Waals surface area (Å²) >= 11 is 0. The maximum absolute atomic E-state index is 13.5. The SMILES string of the molecule is Cc1ccc2ccc(C(=O)N[C@H](C(=O)O)C(C)(C)CF)c(OCC3CCCCC3)c2c1. The number of benzene rings is 2. The fourth-order valence-electron chi connectivity index (χ4n) is 4.17. The fraction of sp³-hybridized carbons (Fsp3) is 0.520. The smallest absolute Gasteiger partial charge is 0.326 e. The van der Waals surface area contributed by atoms with Crippen LogP contribution >= 0.6 is 0 Å². The van der Waals surface area contributed by atoms with Crippen LogP contribution in [0.2, 0.25) is 0 Å². The summed E-state index contributed by atoms with van der Waals surface area (Å²) in [7, 11) is 0. The van der Waals surface area contributed by atoms with Crippen molar-refractivity contribution in [2.75, 3.05) is 13.3 Å². The molecule has 1 aliphatic rings. The quantitative estimate of drug-likeness (QED) is 0.598. The number of ether oxygens (including phenoxy) is 1. The zero-order chi connectivity index (χ0) is 22.6. The van der Waals surface area contributed by atoms with Crippen molar-refractivity contribution in [2.45, 2.75) is 58.9 Å². The second-order valence-electron chi connectivity index (χ2n) is 9.35. The van der Waals surface area contributed by atoms with Gasteiger partial charge in [-0.1, -0.05) is 56.9 Å². The molecule has 0 spiro atoms. The van der Waals surface area contributed by atoms with Gasteiger partial charge in [0.15, 0.2) is 0 Å². The Morgan fingerprint density at radius 1 is 1.19 bits per heavy atom. The number of fused-ring (bicyclic) bond motifs is 1. The number of carbonyl (C=O) groups excluding carboxylic acids is 1. The van der Waals surface area contributed by atoms with Crippen molar-refractivity contribution in [1.29, 1.82) is 0 Å². The summed E-state index contributed by atoms with van der Waals surface area (Å²) in [6.07, 6.45) is 5.84. The number of carboxylic acids is 1. The lowest BCUT2D eigenvalue weighted by Crippen LogP contribution is -2.51. The lowest BCUT2D eigenvalue weighted by molar-refractivity contribution is -0.142. The Morgan fingerprint density at radius 3 is 2.52 bits per heavy atom. The van der Waals surface area contributed by atoms with Gasteiger partial charge in [-0.25, -0.2) is 4.79 Å². The van der Waals surface area contributed by atoms with E-state index in [4.69, 9.17) is 4.74 Å². The van der Waals surface area contributed by atoms with Crippen molar-refractivity contribution in [3.63, 3.8) is 0 Å². The first-order chi connectivity index (χ1) is 14.7. The van der Waals surface area contributed by atoms with Crippen LogP contribution in [-0.2, 0) is 4.79 Å². The standard InChI is InChI=1S/C25H32FNO4/c1-16-9-10-18-11-12-19(23(28)27-22(24(29)30)25(2,3)15-26)21(20(18)13-16)31-14-17-7-5-4-6-8-17/h9-13,17,22H,4-8,14-15H2,1-3H3,(H,27,28)(H,29,30)/t22-/m1/s1. The van der Waals surface area contributed by atoms with Crippen molar-refractivity contribution in [2.24, 2.45) is 11.3 Å². The average molecular weight is 430 g/mol. The lowest BCUT2D eigenvalue weighted by atomic mass is 9.85. The van der Waals surface area contributed by atoms with Crippen molar-refractivity contribution in [3.05, 3.63) is 41.5 Å². The maximum Gasteiger partial charge on any atom is 0.326 e. The van der Waals surface area contributed by atoms with Crippen LogP contribution in [0.25, 0.3) is 10.8 Å². The minimum absolute atomic E-state index is 0.273. The normalized spacial score (nSPS) is 16.1. The number of nitrogens with one attached hydrogen (secondary N) is 1. The first-order valence-corrected chi connectivity index (χ1v) is 11.0. The molecule has 2 N–H and O–H groups in total. The highest BCUT2D eigenvalue weighted by atomic mass is 19.1. The van der Waals surface area contributed by atoms with Crippen molar-refractivity contribution in [1.82, 2.24) is 5.32 Å². The van der Waals surface area contributed by atoms with Gasteiger partial charge >= 0.3 is 5.97 Å². The van der Waals surface area contributed by atoms with Gasteiger partial charge in [-0.2, -0.15) is 0 Å². The number of alkyl halides is 1. The van der Waals surface area contributed by atoms with Gasteiger partial charge in [-0.05, 0) is 43.2 Å². The molecule has 1 amide bonds. The topological polar surface area (TPSA) is 75.6 Å². The predicted molar refractivity (Wildman–Crippen MR) is 119 cm³/mol. The molecule has 0 bridgehead atoms. The average Bonchev–Trinajstić information content (AvgIpc) is 2.75. The summed E-state index contributed by atoms with van der Waals surface area (Å²) in [6, 6.07) is 8.08. The first-order valence-electron chi connectivity index (χ1n) is 11.0. The maximum atomic E-state index is 13.5. The molecule has 0 radical (unpaired) electrons. The Labute approximate surface area is 183 Å². The molecule has 1 atom stereocenters. The summed E-state index contributed by atoms with van der Waals surface area (Å²) in [5.74, 6) is -0.929. The van der Waals surface area contributed by atoms with E-state index in [9.17, 15) is 19.1 Å². The Kier molecular flexibility index (Phi) is 7.19. The van der Waals surface area contributed by atoms with Crippen LogP contribution in [0, 0.1) is 18.3 Å². The van der Waals surface area contributed by atoms with Gasteiger partial charge in [0.2, 0.25) is 0 Å². The summed E-state index contributed by atoms with van der Waals surface area (Å²) in [6.45, 7) is 4.59. The summed E-state index contributed by atoms with van der Waals surface area (Å²) in [4.78, 5) is 24.9. The molecule has 31 heavy (non-hydrogen) atoms. The number of carbonyl (C=O) groups is 2. The van der Waals surface area contributed by atoms with Crippen molar-refractivity contribution in [3.8, 4) is 5.75 Å². The van der Waals surface area contributed by atoms with E-state index in [1.807, 2.05) is 31.2 Å². The number of rotatable bonds is 8. The minimum atomic E-state index is -1.36. The Morgan fingerprint density at radius 2 is 1.87 bits per heavy atom. The van der Waals surface area contributed by atoms with E-state index >= 15 is 0 Å². The molecule has 5 nitrogen and oxygen atoms in total. The van der Waals surface area contributed by atoms with Crippen molar-refractivity contribution < 1.29 is 23.8 Å². The molecule has 0 saturated heterocycles. The van der Waals surface area contributed by atoms with E-state index < -0.39 is 30.0 Å². The number of amides is 1. The molecule has 0 unspecified atom stereocenters. The van der Waals surface area contributed by atoms with E-state index in [1.54, 1.807) is 6.07 Å². The van der Waals surface area contributed by atoms with Crippen molar-refractivity contribution >= 4 is 22.6 Å². The predicted octanol–water partition coefficient (Wildman–Crippen LogP) is 5.29. The fourth-order valence-corrected chi connectivity index (χ4v) is 4.17. The second kappa shape index (κ2) is 9.67. The van der Waals surface area contributed by atoms with Crippen LogP contribution in [0.3, 0.4) is 0 Å². The van der Waals surface area contributed by atoms with Crippen LogP contribution in [0.1, 0.15) is 61.9 Å². The molecule has 0 aromatic heterocycles. The third-order valence-corrected chi connectivity index (χ3v) is 6.21.